The number of hydrogen-bond donors (Lipinski definition) is 0. The second kappa shape index (κ2) is 13.6. The number of methoxy groups -OCH3 is 4. The molecule has 12 heteroatoms. The molecule has 0 spiro atoms. The van der Waals surface area contributed by atoms with Crippen LogP contribution in [0.15, 0.2) is 82.4 Å². The van der Waals surface area contributed by atoms with Crippen LogP contribution in [0.3, 0.4) is 0 Å². The second-order valence-corrected chi connectivity index (χ2v) is 11.8. The molecule has 0 bridgehead atoms. The van der Waals surface area contributed by atoms with Crippen molar-refractivity contribution in [2.75, 3.05) is 38.2 Å². The number of fused-ring (bicyclic) bond motifs is 1. The molecule has 3 aromatic rings. The number of para-hydroxylation sites is 1. The number of carbonyl (C=O) groups excluding carboxylic acids is 4. The van der Waals surface area contributed by atoms with E-state index >= 15 is 0 Å². The predicted octanol–water partition coefficient (Wildman–Crippen LogP) is 4.63. The maximum absolute atomic E-state index is 13.3. The fourth-order valence-electron chi connectivity index (χ4n) is 4.27. The van der Waals surface area contributed by atoms with Gasteiger partial charge in [-0.2, -0.15) is 0 Å². The minimum atomic E-state index is -0.728. The van der Waals surface area contributed by atoms with Crippen molar-refractivity contribution in [1.82, 2.24) is 0 Å². The number of nitrogens with zero attached hydrogens (tertiary/aromatic N) is 2. The Hall–Kier alpha value is -4.25. The zero-order chi connectivity index (χ0) is 30.4. The fourth-order valence-corrected chi connectivity index (χ4v) is 8.08. The standard InChI is InChI=1S/C30H28N2O8SSe/c1-18-26(41-21(28(34)38-3)16-22(33)37-2)32(20-14-10-7-11-15-20)27-24(31(18)17-19-12-8-6-9-13-19)23(29(35)39-4)25(42-27)30(36)40-5/h6-16H,17H2,1-5H3/b21-16+. The molecule has 4 rings (SSSR count). The molecule has 0 saturated heterocycles. The summed E-state index contributed by atoms with van der Waals surface area (Å²) in [5.41, 5.74) is 2.93. The summed E-state index contributed by atoms with van der Waals surface area (Å²) < 4.78 is 20.9. The number of esters is 4. The van der Waals surface area contributed by atoms with Crippen LogP contribution in [-0.2, 0) is 35.1 Å². The van der Waals surface area contributed by atoms with Crippen LogP contribution in [0.25, 0.3) is 0 Å². The van der Waals surface area contributed by atoms with Crippen LogP contribution in [0.1, 0.15) is 32.1 Å². The first-order valence-corrected chi connectivity index (χ1v) is 15.0. The van der Waals surface area contributed by atoms with Gasteiger partial charge in [0.05, 0.1) is 0 Å². The average molecular weight is 656 g/mol. The molecule has 0 saturated carbocycles. The summed E-state index contributed by atoms with van der Waals surface area (Å²) in [6.07, 6.45) is 1.07. The SMILES string of the molecule is COC(=O)/C=C(/SC1=C(C)N(Cc2ccccc2)c2c([se]c(C(=O)OC)c2C(=O)OC)N1c1ccccc1)C(=O)OC. The number of anilines is 3. The van der Waals surface area contributed by atoms with Gasteiger partial charge < -0.3 is 0 Å². The minimum absolute atomic E-state index is 0.0109. The van der Waals surface area contributed by atoms with Crippen LogP contribution >= 0.6 is 11.8 Å². The van der Waals surface area contributed by atoms with Crippen LogP contribution < -0.4 is 9.80 Å². The molecular formula is C30H28N2O8SSe. The number of carbonyl (C=O) groups is 4. The van der Waals surface area contributed by atoms with Crippen molar-refractivity contribution >= 4 is 66.1 Å². The third-order valence-corrected chi connectivity index (χ3v) is 9.83. The van der Waals surface area contributed by atoms with E-state index in [-0.39, 0.29) is 14.9 Å². The normalized spacial score (nSPS) is 12.9. The Bertz CT molecular complexity index is 1570. The number of benzene rings is 2. The number of thioether (sulfide) groups is 1. The molecule has 42 heavy (non-hydrogen) atoms. The molecule has 0 unspecified atom stereocenters. The van der Waals surface area contributed by atoms with E-state index in [0.29, 0.717) is 33.2 Å². The molecule has 0 fully saturated rings. The predicted molar refractivity (Wildman–Crippen MR) is 160 cm³/mol. The first-order valence-electron chi connectivity index (χ1n) is 12.5. The van der Waals surface area contributed by atoms with Crippen LogP contribution in [-0.4, -0.2) is 66.8 Å². The summed E-state index contributed by atoms with van der Waals surface area (Å²) in [4.78, 5) is 55.2. The molecular weight excluding hydrogens is 627 g/mol. The third kappa shape index (κ3) is 6.15. The molecule has 0 N–H and O–H groups in total. The summed E-state index contributed by atoms with van der Waals surface area (Å²) >= 11 is 0.300. The van der Waals surface area contributed by atoms with Crippen molar-refractivity contribution in [3.05, 3.63) is 97.9 Å². The summed E-state index contributed by atoms with van der Waals surface area (Å²) in [6.45, 7) is 2.17. The van der Waals surface area contributed by atoms with Crippen molar-refractivity contribution in [2.24, 2.45) is 0 Å². The Morgan fingerprint density at radius 2 is 1.45 bits per heavy atom. The molecule has 1 aliphatic heterocycles. The first kappa shape index (κ1) is 30.7. The zero-order valence-corrected chi connectivity index (χ0v) is 26.1. The van der Waals surface area contributed by atoms with Crippen molar-refractivity contribution in [2.45, 2.75) is 13.5 Å². The van der Waals surface area contributed by atoms with Gasteiger partial charge in [-0.05, 0) is 0 Å². The van der Waals surface area contributed by atoms with Gasteiger partial charge >= 0.3 is 254 Å². The second-order valence-electron chi connectivity index (χ2n) is 8.70. The van der Waals surface area contributed by atoms with Crippen molar-refractivity contribution in [3.63, 3.8) is 0 Å². The summed E-state index contributed by atoms with van der Waals surface area (Å²) in [7, 11) is 4.97. The Balaban J connectivity index is 2.06. The number of ether oxygens (including phenoxy) is 4. The van der Waals surface area contributed by atoms with Crippen LogP contribution in [0.5, 0.6) is 0 Å². The molecule has 2 aromatic carbocycles. The van der Waals surface area contributed by atoms with E-state index in [0.717, 1.165) is 23.4 Å². The molecule has 10 nitrogen and oxygen atoms in total. The van der Waals surface area contributed by atoms with E-state index in [1.807, 2.05) is 77.4 Å². The summed E-state index contributed by atoms with van der Waals surface area (Å²) in [5, 5.41) is 0.564. The molecule has 0 atom stereocenters. The number of rotatable bonds is 9. The van der Waals surface area contributed by atoms with Crippen molar-refractivity contribution < 1.29 is 38.1 Å². The molecule has 218 valence electrons. The number of allylic oxidation sites excluding steroid dienone is 1. The van der Waals surface area contributed by atoms with E-state index < -0.39 is 38.4 Å². The van der Waals surface area contributed by atoms with Crippen molar-refractivity contribution in [3.8, 4) is 0 Å². The topological polar surface area (TPSA) is 112 Å². The Labute approximate surface area is 253 Å². The molecule has 1 aliphatic rings. The average Bonchev–Trinajstić information content (AvgIpc) is 3.42. The van der Waals surface area contributed by atoms with Gasteiger partial charge in [0.15, 0.2) is 0 Å². The van der Waals surface area contributed by atoms with Gasteiger partial charge in [-0.1, -0.05) is 0 Å². The fraction of sp³-hybridized carbons (Fsp3) is 0.200. The van der Waals surface area contributed by atoms with Crippen molar-refractivity contribution in [1.29, 1.82) is 0 Å². The third-order valence-electron chi connectivity index (χ3n) is 6.26. The van der Waals surface area contributed by atoms with E-state index in [2.05, 4.69) is 0 Å². The molecule has 0 aliphatic carbocycles. The molecule has 0 radical (unpaired) electrons. The van der Waals surface area contributed by atoms with E-state index in [4.69, 9.17) is 18.9 Å². The Morgan fingerprint density at radius 3 is 2.02 bits per heavy atom. The van der Waals surface area contributed by atoms with Crippen LogP contribution in [0.4, 0.5) is 15.9 Å². The maximum atomic E-state index is 13.3. The van der Waals surface area contributed by atoms with Gasteiger partial charge in [-0.3, -0.25) is 0 Å². The van der Waals surface area contributed by atoms with Crippen LogP contribution in [0, 0.1) is 0 Å². The van der Waals surface area contributed by atoms with Gasteiger partial charge in [0.2, 0.25) is 0 Å². The Kier molecular flexibility index (Phi) is 9.95. The van der Waals surface area contributed by atoms with E-state index in [1.165, 1.54) is 28.4 Å². The van der Waals surface area contributed by atoms with Gasteiger partial charge in [0.25, 0.3) is 0 Å². The summed E-state index contributed by atoms with van der Waals surface area (Å²) in [6, 6.07) is 18.9. The van der Waals surface area contributed by atoms with Gasteiger partial charge in [0, 0.05) is 0 Å². The number of hydrogen-bond acceptors (Lipinski definition) is 11. The molecule has 2 heterocycles. The van der Waals surface area contributed by atoms with Gasteiger partial charge in [0.1, 0.15) is 0 Å². The van der Waals surface area contributed by atoms with Crippen LogP contribution in [0.2, 0.25) is 0 Å². The summed E-state index contributed by atoms with van der Waals surface area (Å²) in [5.74, 6) is -2.76. The first-order chi connectivity index (χ1) is 20.2. The zero-order valence-electron chi connectivity index (χ0n) is 23.5. The van der Waals surface area contributed by atoms with E-state index in [9.17, 15) is 19.2 Å². The Morgan fingerprint density at radius 1 is 0.833 bits per heavy atom. The molecule has 1 aromatic heterocycles. The monoisotopic (exact) mass is 656 g/mol. The van der Waals surface area contributed by atoms with Gasteiger partial charge in [-0.25, -0.2) is 0 Å². The van der Waals surface area contributed by atoms with Gasteiger partial charge in [-0.15, -0.1) is 0 Å². The van der Waals surface area contributed by atoms with E-state index in [1.54, 1.807) is 0 Å². The quantitative estimate of drug-likeness (QED) is 0.139. The molecule has 0 amide bonds.